The average molecular weight is 357 g/mol. The van der Waals surface area contributed by atoms with E-state index in [1.54, 1.807) is 7.11 Å². The molecule has 0 unspecified atom stereocenters. The van der Waals surface area contributed by atoms with Crippen LogP contribution in [0.15, 0.2) is 0 Å². The van der Waals surface area contributed by atoms with E-state index in [2.05, 4.69) is 26.5 Å². The second kappa shape index (κ2) is 8.46. The molecule has 0 saturated heterocycles. The van der Waals surface area contributed by atoms with Crippen molar-refractivity contribution in [3.8, 4) is 12.3 Å². The summed E-state index contributed by atoms with van der Waals surface area (Å²) in [7, 11) is 1.58. The van der Waals surface area contributed by atoms with Crippen LogP contribution in [0, 0.1) is 18.3 Å². The maximum absolute atomic E-state index is 10.1. The number of hydrogen-bond donors (Lipinski definition) is 5. The third kappa shape index (κ3) is 4.06. The van der Waals surface area contributed by atoms with Crippen LogP contribution in [0.5, 0.6) is 0 Å². The first-order chi connectivity index (χ1) is 11.5. The fourth-order valence-corrected chi connectivity index (χ4v) is 2.86. The second-order valence-corrected chi connectivity index (χ2v) is 5.89. The highest BCUT2D eigenvalue weighted by molar-refractivity contribution is 6.31. The number of hydrogen-bond acceptors (Lipinski definition) is 8. The Morgan fingerprint density at radius 1 is 1.38 bits per heavy atom. The molecule has 1 aromatic heterocycles. The van der Waals surface area contributed by atoms with E-state index in [0.717, 1.165) is 0 Å². The maximum atomic E-state index is 10.1. The molecule has 0 amide bonds. The lowest BCUT2D eigenvalue weighted by atomic mass is 10.1. The molecule has 1 aromatic rings. The predicted molar refractivity (Wildman–Crippen MR) is 90.0 cm³/mol. The number of aliphatic hydroxyl groups excluding tert-OH is 3. The van der Waals surface area contributed by atoms with Gasteiger partial charge in [0.05, 0.1) is 18.8 Å². The summed E-state index contributed by atoms with van der Waals surface area (Å²) in [6, 6.07) is -0.512. The first kappa shape index (κ1) is 18.7. The molecule has 1 aliphatic carbocycles. The lowest BCUT2D eigenvalue weighted by Gasteiger charge is -2.20. The van der Waals surface area contributed by atoms with E-state index >= 15 is 0 Å². The first-order valence-corrected chi connectivity index (χ1v) is 7.90. The van der Waals surface area contributed by atoms with Crippen molar-refractivity contribution < 1.29 is 20.1 Å². The lowest BCUT2D eigenvalue weighted by Crippen LogP contribution is -2.35. The Bertz CT molecular complexity index is 610. The van der Waals surface area contributed by atoms with Crippen molar-refractivity contribution in [2.45, 2.75) is 24.7 Å². The highest BCUT2D eigenvalue weighted by Gasteiger charge is 2.41. The monoisotopic (exact) mass is 356 g/mol. The molecule has 9 heteroatoms. The molecule has 2 rings (SSSR count). The zero-order valence-corrected chi connectivity index (χ0v) is 14.0. The number of aliphatic hydroxyl groups is 3. The van der Waals surface area contributed by atoms with Gasteiger partial charge in [-0.1, -0.05) is 17.5 Å². The van der Waals surface area contributed by atoms with E-state index < -0.39 is 24.2 Å². The van der Waals surface area contributed by atoms with Gasteiger partial charge in [-0.05, 0) is 6.42 Å². The maximum Gasteiger partial charge on any atom is 0.226 e. The van der Waals surface area contributed by atoms with Crippen molar-refractivity contribution >= 4 is 23.4 Å². The number of anilines is 2. The van der Waals surface area contributed by atoms with Gasteiger partial charge in [-0.2, -0.15) is 9.97 Å². The van der Waals surface area contributed by atoms with E-state index in [4.69, 9.17) is 22.8 Å². The van der Waals surface area contributed by atoms with E-state index in [1.165, 1.54) is 0 Å². The summed E-state index contributed by atoms with van der Waals surface area (Å²) in [5.41, 5.74) is 0.267. The van der Waals surface area contributed by atoms with Gasteiger partial charge in [-0.25, -0.2) is 0 Å². The topological polar surface area (TPSA) is 120 Å². The molecule has 4 atom stereocenters. The molecule has 1 fully saturated rings. The van der Waals surface area contributed by atoms with Gasteiger partial charge >= 0.3 is 0 Å². The van der Waals surface area contributed by atoms with Gasteiger partial charge in [0.1, 0.15) is 17.5 Å². The summed E-state index contributed by atoms with van der Waals surface area (Å²) < 4.78 is 4.94. The van der Waals surface area contributed by atoms with Crippen LogP contribution in [0.25, 0.3) is 0 Å². The lowest BCUT2D eigenvalue weighted by molar-refractivity contribution is 0.00445. The molecule has 0 radical (unpaired) electrons. The molecule has 0 aromatic carbocycles. The molecule has 1 saturated carbocycles. The standard InChI is InChI=1S/C15H21ClN4O4/c1-3-9-13(16)19-15(17-4-5-24-2)20-14(9)18-10-6-8(7-21)11(22)12(10)23/h1,8,10-12,21-23H,4-7H2,2H3,(H2,17,18,19,20)/t8-,10-,11-,12+/m1/s1. The van der Waals surface area contributed by atoms with Gasteiger partial charge in [0.15, 0.2) is 5.15 Å². The molecule has 132 valence electrons. The Balaban J connectivity index is 2.20. The average Bonchev–Trinajstić information content (AvgIpc) is 2.83. The van der Waals surface area contributed by atoms with E-state index in [1.807, 2.05) is 0 Å². The number of terminal acetylenes is 1. The van der Waals surface area contributed by atoms with Gasteiger partial charge in [-0.15, -0.1) is 6.42 Å². The van der Waals surface area contributed by atoms with Crippen molar-refractivity contribution in [1.29, 1.82) is 0 Å². The van der Waals surface area contributed by atoms with Crippen LogP contribution in [-0.2, 0) is 4.74 Å². The van der Waals surface area contributed by atoms with Gasteiger partial charge in [-0.3, -0.25) is 0 Å². The van der Waals surface area contributed by atoms with E-state index in [9.17, 15) is 15.3 Å². The fourth-order valence-electron chi connectivity index (χ4n) is 2.63. The first-order valence-electron chi connectivity index (χ1n) is 7.52. The molecular weight excluding hydrogens is 336 g/mol. The summed E-state index contributed by atoms with van der Waals surface area (Å²) in [4.78, 5) is 8.35. The van der Waals surface area contributed by atoms with Crippen molar-refractivity contribution in [2.75, 3.05) is 37.5 Å². The summed E-state index contributed by atoms with van der Waals surface area (Å²) in [5, 5.41) is 35.3. The van der Waals surface area contributed by atoms with Crippen LogP contribution in [0.4, 0.5) is 11.8 Å². The zero-order valence-electron chi connectivity index (χ0n) is 13.2. The van der Waals surface area contributed by atoms with Gasteiger partial charge in [0.25, 0.3) is 0 Å². The third-order valence-corrected chi connectivity index (χ3v) is 4.23. The zero-order chi connectivity index (χ0) is 17.7. The van der Waals surface area contributed by atoms with Gasteiger partial charge in [0, 0.05) is 26.2 Å². The van der Waals surface area contributed by atoms with Crippen LogP contribution in [-0.4, -0.2) is 70.4 Å². The molecular formula is C15H21ClN4O4. The third-order valence-electron chi connectivity index (χ3n) is 3.96. The summed E-state index contributed by atoms with van der Waals surface area (Å²) in [6.45, 7) is 0.734. The van der Waals surface area contributed by atoms with Gasteiger partial charge < -0.3 is 30.7 Å². The number of aromatic nitrogens is 2. The number of nitrogens with one attached hydrogen (secondary N) is 2. The molecule has 1 heterocycles. The molecule has 1 aliphatic rings. The molecule has 5 N–H and O–H groups in total. The minimum absolute atomic E-state index is 0.0988. The number of halogens is 1. The summed E-state index contributed by atoms with van der Waals surface area (Å²) in [6.07, 6.45) is 3.77. The SMILES string of the molecule is C#Cc1c(Cl)nc(NCCOC)nc1N[C@@H]1C[C@H](CO)[C@@H](O)[C@H]1O. The van der Waals surface area contributed by atoms with Crippen LogP contribution in [0.1, 0.15) is 12.0 Å². The molecule has 24 heavy (non-hydrogen) atoms. The summed E-state index contributed by atoms with van der Waals surface area (Å²) >= 11 is 6.10. The normalized spacial score (nSPS) is 26.2. The van der Waals surface area contributed by atoms with Crippen molar-refractivity contribution in [2.24, 2.45) is 5.92 Å². The Kier molecular flexibility index (Phi) is 6.60. The van der Waals surface area contributed by atoms with Crippen molar-refractivity contribution in [3.63, 3.8) is 0 Å². The molecule has 0 spiro atoms. The van der Waals surface area contributed by atoms with Crippen molar-refractivity contribution in [3.05, 3.63) is 10.7 Å². The highest BCUT2D eigenvalue weighted by atomic mass is 35.5. The second-order valence-electron chi connectivity index (χ2n) is 5.54. The largest absolute Gasteiger partial charge is 0.396 e. The van der Waals surface area contributed by atoms with Crippen molar-refractivity contribution in [1.82, 2.24) is 9.97 Å². The molecule has 0 bridgehead atoms. The minimum Gasteiger partial charge on any atom is -0.396 e. The van der Waals surface area contributed by atoms with E-state index in [0.29, 0.717) is 19.6 Å². The Hall–Kier alpha value is -1.63. The summed E-state index contributed by atoms with van der Waals surface area (Å²) in [5.74, 6) is 2.56. The highest BCUT2D eigenvalue weighted by Crippen LogP contribution is 2.30. The van der Waals surface area contributed by atoms with Crippen LogP contribution < -0.4 is 10.6 Å². The number of nitrogens with zero attached hydrogens (tertiary/aromatic N) is 2. The molecule has 0 aliphatic heterocycles. The predicted octanol–water partition coefficient (Wildman–Crippen LogP) is -0.316. The Morgan fingerprint density at radius 2 is 2.12 bits per heavy atom. The minimum atomic E-state index is -1.05. The van der Waals surface area contributed by atoms with E-state index in [-0.39, 0.29) is 29.1 Å². The Morgan fingerprint density at radius 3 is 2.71 bits per heavy atom. The van der Waals surface area contributed by atoms with Crippen LogP contribution in [0.3, 0.4) is 0 Å². The smallest absolute Gasteiger partial charge is 0.226 e. The Labute approximate surface area is 145 Å². The number of methoxy groups -OCH3 is 1. The molecule has 8 nitrogen and oxygen atoms in total. The number of ether oxygens (including phenoxy) is 1. The fraction of sp³-hybridized carbons (Fsp3) is 0.600. The van der Waals surface area contributed by atoms with Gasteiger partial charge in [0.2, 0.25) is 5.95 Å². The van der Waals surface area contributed by atoms with Crippen LogP contribution in [0.2, 0.25) is 5.15 Å². The van der Waals surface area contributed by atoms with Crippen LogP contribution >= 0.6 is 11.6 Å². The number of rotatable bonds is 7. The quantitative estimate of drug-likeness (QED) is 0.256.